The van der Waals surface area contributed by atoms with Crippen LogP contribution in [-0.4, -0.2) is 21.9 Å². The lowest BCUT2D eigenvalue weighted by atomic mass is 10.2. The topological polar surface area (TPSA) is 81.9 Å². The molecule has 0 aliphatic heterocycles. The Bertz CT molecular complexity index is 1320. The normalized spacial score (nSPS) is 10.7. The highest BCUT2D eigenvalue weighted by Crippen LogP contribution is 2.24. The van der Waals surface area contributed by atoms with E-state index in [1.165, 1.54) is 16.7 Å². The Morgan fingerprint density at radius 3 is 2.66 bits per heavy atom. The summed E-state index contributed by atoms with van der Waals surface area (Å²) in [6.45, 7) is 1.90. The average Bonchev–Trinajstić information content (AvgIpc) is 2.79. The summed E-state index contributed by atoms with van der Waals surface area (Å²) in [6, 6.07) is 19.2. The van der Waals surface area contributed by atoms with Crippen molar-refractivity contribution in [3.05, 3.63) is 99.6 Å². The fourth-order valence-corrected chi connectivity index (χ4v) is 3.18. The van der Waals surface area contributed by atoms with Gasteiger partial charge < -0.3 is 14.8 Å². The van der Waals surface area contributed by atoms with Crippen molar-refractivity contribution in [3.8, 4) is 11.5 Å². The molecule has 0 saturated carbocycles. The van der Waals surface area contributed by atoms with Crippen LogP contribution in [0.15, 0.2) is 77.7 Å². The number of aryl methyl sites for hydroxylation is 1. The summed E-state index contributed by atoms with van der Waals surface area (Å²) >= 11 is 5.94. The lowest BCUT2D eigenvalue weighted by molar-refractivity contribution is -0.118. The predicted octanol–water partition coefficient (Wildman–Crippen LogP) is 4.25. The molecule has 0 aliphatic rings. The van der Waals surface area contributed by atoms with Crippen molar-refractivity contribution >= 4 is 28.8 Å². The molecule has 2 aromatic carbocycles. The van der Waals surface area contributed by atoms with E-state index in [1.54, 1.807) is 36.4 Å². The minimum absolute atomic E-state index is 0.0567. The summed E-state index contributed by atoms with van der Waals surface area (Å²) in [5.74, 6) is 0.750. The summed E-state index contributed by atoms with van der Waals surface area (Å²) < 4.78 is 12.7. The first kappa shape index (κ1) is 21.4. The fourth-order valence-electron chi connectivity index (χ4n) is 3.02. The maximum Gasteiger partial charge on any atom is 0.262 e. The summed E-state index contributed by atoms with van der Waals surface area (Å²) in [4.78, 5) is 29.1. The van der Waals surface area contributed by atoms with Crippen LogP contribution >= 0.6 is 11.6 Å². The van der Waals surface area contributed by atoms with E-state index in [-0.39, 0.29) is 24.7 Å². The number of nitrogens with one attached hydrogen (secondary N) is 1. The largest absolute Gasteiger partial charge is 0.485 e. The quantitative estimate of drug-likeness (QED) is 0.456. The zero-order valence-electron chi connectivity index (χ0n) is 17.2. The number of anilines is 1. The molecule has 162 valence electrons. The van der Waals surface area contributed by atoms with Crippen molar-refractivity contribution in [2.75, 3.05) is 11.9 Å². The molecule has 1 amide bonds. The molecule has 0 spiro atoms. The van der Waals surface area contributed by atoms with Gasteiger partial charge in [-0.25, -0.2) is 4.98 Å². The van der Waals surface area contributed by atoms with Gasteiger partial charge in [-0.2, -0.15) is 0 Å². The third-order valence-corrected chi connectivity index (χ3v) is 4.83. The Balaban J connectivity index is 1.41. The van der Waals surface area contributed by atoms with Crippen LogP contribution in [0.4, 0.5) is 5.69 Å². The summed E-state index contributed by atoms with van der Waals surface area (Å²) in [5.41, 5.74) is 2.28. The van der Waals surface area contributed by atoms with Crippen molar-refractivity contribution in [3.63, 3.8) is 0 Å². The smallest absolute Gasteiger partial charge is 0.262 e. The minimum Gasteiger partial charge on any atom is -0.485 e. The Kier molecular flexibility index (Phi) is 6.37. The molecule has 0 saturated heterocycles. The van der Waals surface area contributed by atoms with E-state index in [9.17, 15) is 9.59 Å². The molecule has 4 rings (SSSR count). The second kappa shape index (κ2) is 9.53. The first-order valence-electron chi connectivity index (χ1n) is 9.87. The molecular weight excluding hydrogens is 430 g/mol. The van der Waals surface area contributed by atoms with Crippen LogP contribution in [0.3, 0.4) is 0 Å². The van der Waals surface area contributed by atoms with Crippen LogP contribution in [-0.2, 0) is 11.4 Å². The Hall–Kier alpha value is -3.84. The van der Waals surface area contributed by atoms with Gasteiger partial charge in [-0.1, -0.05) is 41.4 Å². The number of para-hydroxylation sites is 2. The number of carbonyl (C=O) groups is 1. The van der Waals surface area contributed by atoms with Crippen molar-refractivity contribution in [1.82, 2.24) is 9.38 Å². The van der Waals surface area contributed by atoms with Crippen molar-refractivity contribution in [2.45, 2.75) is 13.5 Å². The first-order valence-corrected chi connectivity index (χ1v) is 10.2. The Morgan fingerprint density at radius 2 is 1.84 bits per heavy atom. The van der Waals surface area contributed by atoms with Crippen LogP contribution in [0.1, 0.15) is 11.3 Å². The van der Waals surface area contributed by atoms with E-state index >= 15 is 0 Å². The first-order chi connectivity index (χ1) is 15.5. The van der Waals surface area contributed by atoms with Gasteiger partial charge in [0.1, 0.15) is 23.8 Å². The maximum absolute atomic E-state index is 12.3. The molecule has 0 bridgehead atoms. The van der Waals surface area contributed by atoms with Gasteiger partial charge >= 0.3 is 0 Å². The number of halogens is 1. The standard InChI is InChI=1S/C24H20ClN3O4/c1-16-6-9-19(10-7-16)31-15-23(29)27-20-4-2-3-5-21(20)32-14-18-12-24(30)28-13-17(25)8-11-22(28)26-18/h2-13H,14-15H2,1H3,(H,27,29). The molecule has 8 heteroatoms. The van der Waals surface area contributed by atoms with E-state index in [0.717, 1.165) is 5.56 Å². The number of hydrogen-bond acceptors (Lipinski definition) is 5. The minimum atomic E-state index is -0.319. The fraction of sp³-hybridized carbons (Fsp3) is 0.125. The number of aromatic nitrogens is 2. The zero-order chi connectivity index (χ0) is 22.5. The van der Waals surface area contributed by atoms with Gasteiger partial charge in [0.25, 0.3) is 11.5 Å². The van der Waals surface area contributed by atoms with E-state index in [4.69, 9.17) is 21.1 Å². The second-order valence-electron chi connectivity index (χ2n) is 7.10. The number of hydrogen-bond donors (Lipinski definition) is 1. The molecule has 7 nitrogen and oxygen atoms in total. The molecule has 0 unspecified atom stereocenters. The number of fused-ring (bicyclic) bond motifs is 1. The molecule has 0 atom stereocenters. The van der Waals surface area contributed by atoms with Gasteiger partial charge in [-0.05, 0) is 43.3 Å². The lowest BCUT2D eigenvalue weighted by Gasteiger charge is -2.13. The monoisotopic (exact) mass is 449 g/mol. The summed E-state index contributed by atoms with van der Waals surface area (Å²) in [7, 11) is 0. The zero-order valence-corrected chi connectivity index (χ0v) is 18.0. The molecular formula is C24H20ClN3O4. The van der Waals surface area contributed by atoms with E-state index in [2.05, 4.69) is 10.3 Å². The number of nitrogens with zero attached hydrogens (tertiary/aromatic N) is 2. The van der Waals surface area contributed by atoms with Gasteiger partial charge in [0.15, 0.2) is 6.61 Å². The summed E-state index contributed by atoms with van der Waals surface area (Å²) in [5, 5.41) is 3.23. The van der Waals surface area contributed by atoms with Crippen LogP contribution in [0.2, 0.25) is 5.02 Å². The van der Waals surface area contributed by atoms with E-state index in [1.807, 2.05) is 31.2 Å². The van der Waals surface area contributed by atoms with Crippen LogP contribution in [0.5, 0.6) is 11.5 Å². The highest BCUT2D eigenvalue weighted by Gasteiger charge is 2.10. The van der Waals surface area contributed by atoms with Crippen molar-refractivity contribution < 1.29 is 14.3 Å². The van der Waals surface area contributed by atoms with E-state index < -0.39 is 0 Å². The van der Waals surface area contributed by atoms with Crippen LogP contribution in [0.25, 0.3) is 5.65 Å². The number of rotatable bonds is 7. The molecule has 0 aliphatic carbocycles. The molecule has 32 heavy (non-hydrogen) atoms. The maximum atomic E-state index is 12.3. The Labute approximate surface area is 189 Å². The molecule has 0 radical (unpaired) electrons. The molecule has 4 aromatic rings. The lowest BCUT2D eigenvalue weighted by Crippen LogP contribution is -2.20. The number of ether oxygens (including phenoxy) is 2. The van der Waals surface area contributed by atoms with Gasteiger partial charge in [0, 0.05) is 12.3 Å². The van der Waals surface area contributed by atoms with Crippen molar-refractivity contribution in [2.24, 2.45) is 0 Å². The van der Waals surface area contributed by atoms with Gasteiger partial charge in [-0.3, -0.25) is 14.0 Å². The molecule has 0 fully saturated rings. The van der Waals surface area contributed by atoms with Crippen LogP contribution < -0.4 is 20.3 Å². The van der Waals surface area contributed by atoms with Crippen molar-refractivity contribution in [1.29, 1.82) is 0 Å². The molecule has 1 N–H and O–H groups in total. The summed E-state index contributed by atoms with van der Waals surface area (Å²) in [6.07, 6.45) is 1.51. The van der Waals surface area contributed by atoms with Gasteiger partial charge in [0.2, 0.25) is 0 Å². The number of benzene rings is 2. The Morgan fingerprint density at radius 1 is 1.06 bits per heavy atom. The number of amides is 1. The SMILES string of the molecule is Cc1ccc(OCC(=O)Nc2ccccc2OCc2cc(=O)n3cc(Cl)ccc3n2)cc1. The third kappa shape index (κ3) is 5.25. The molecule has 2 aromatic heterocycles. The third-order valence-electron chi connectivity index (χ3n) is 4.60. The highest BCUT2D eigenvalue weighted by atomic mass is 35.5. The average molecular weight is 450 g/mol. The highest BCUT2D eigenvalue weighted by molar-refractivity contribution is 6.30. The number of pyridine rings is 1. The van der Waals surface area contributed by atoms with Gasteiger partial charge in [-0.15, -0.1) is 0 Å². The number of carbonyl (C=O) groups excluding carboxylic acids is 1. The second-order valence-corrected chi connectivity index (χ2v) is 7.53. The predicted molar refractivity (Wildman–Crippen MR) is 123 cm³/mol. The molecule has 2 heterocycles. The van der Waals surface area contributed by atoms with E-state index in [0.29, 0.717) is 33.6 Å². The van der Waals surface area contributed by atoms with Crippen LogP contribution in [0, 0.1) is 6.92 Å². The van der Waals surface area contributed by atoms with Gasteiger partial charge in [0.05, 0.1) is 16.4 Å².